The van der Waals surface area contributed by atoms with E-state index in [0.717, 1.165) is 6.42 Å². The lowest BCUT2D eigenvalue weighted by molar-refractivity contribution is -0.00642. The number of hydrogen-bond acceptors (Lipinski definition) is 5. The van der Waals surface area contributed by atoms with Crippen molar-refractivity contribution in [2.45, 2.75) is 88.8 Å². The fourth-order valence-electron chi connectivity index (χ4n) is 2.27. The lowest BCUT2D eigenvalue weighted by Gasteiger charge is -2.40. The van der Waals surface area contributed by atoms with Gasteiger partial charge in [-0.1, -0.05) is 34.1 Å². The molecule has 138 valence electrons. The molecule has 0 saturated heterocycles. The van der Waals surface area contributed by atoms with Gasteiger partial charge in [-0.15, -0.1) is 0 Å². The van der Waals surface area contributed by atoms with Gasteiger partial charge in [-0.2, -0.15) is 8.42 Å². The Morgan fingerprint density at radius 3 is 2.09 bits per heavy atom. The van der Waals surface area contributed by atoms with Crippen molar-refractivity contribution in [3.8, 4) is 0 Å². The monoisotopic (exact) mass is 366 g/mol. The van der Waals surface area contributed by atoms with Gasteiger partial charge in [0.1, 0.15) is 10.3 Å². The van der Waals surface area contributed by atoms with E-state index in [1.54, 1.807) is 6.92 Å². The molecule has 1 fully saturated rings. The second-order valence-corrected chi connectivity index (χ2v) is 15.2. The molecule has 0 aromatic carbocycles. The molecule has 1 unspecified atom stereocenters. The molecule has 1 N–H and O–H groups in total. The van der Waals surface area contributed by atoms with Crippen molar-refractivity contribution < 1.29 is 22.1 Å². The first kappa shape index (κ1) is 21.1. The Morgan fingerprint density at radius 2 is 1.70 bits per heavy atom. The van der Waals surface area contributed by atoms with Crippen LogP contribution in [-0.2, 0) is 18.7 Å². The highest BCUT2D eigenvalue weighted by atomic mass is 32.2. The second kappa shape index (κ2) is 6.75. The molecule has 0 radical (unpaired) electrons. The van der Waals surface area contributed by atoms with Crippen molar-refractivity contribution in [3.05, 3.63) is 0 Å². The number of aliphatic hydroxyl groups is 1. The molecule has 0 aliphatic heterocycles. The Balaban J connectivity index is 2.83. The summed E-state index contributed by atoms with van der Waals surface area (Å²) in [5.74, 6) is 0. The summed E-state index contributed by atoms with van der Waals surface area (Å²) < 4.78 is 35.1. The summed E-state index contributed by atoms with van der Waals surface area (Å²) in [6, 6.07) is 0. The average Bonchev–Trinajstić information content (AvgIpc) is 3.17. The molecule has 5 nitrogen and oxygen atoms in total. The van der Waals surface area contributed by atoms with E-state index < -0.39 is 28.8 Å². The van der Waals surface area contributed by atoms with Crippen LogP contribution in [0.4, 0.5) is 0 Å². The van der Waals surface area contributed by atoms with Gasteiger partial charge in [-0.25, -0.2) is 0 Å². The molecule has 1 saturated carbocycles. The Bertz CT molecular complexity index is 501. The van der Waals surface area contributed by atoms with Crippen LogP contribution in [0.15, 0.2) is 0 Å². The maximum absolute atomic E-state index is 12.5. The van der Waals surface area contributed by atoms with Crippen LogP contribution in [0.2, 0.25) is 18.1 Å². The van der Waals surface area contributed by atoms with Crippen molar-refractivity contribution in [1.29, 1.82) is 0 Å². The SMILES string of the molecule is CCCCOS(=O)(=O)C1(C(C)(O)CO[Si](C)(C)C(C)(C)C)CC1. The summed E-state index contributed by atoms with van der Waals surface area (Å²) in [7, 11) is -5.85. The van der Waals surface area contributed by atoms with Crippen LogP contribution in [0, 0.1) is 0 Å². The van der Waals surface area contributed by atoms with E-state index in [0.29, 0.717) is 19.3 Å². The summed E-state index contributed by atoms with van der Waals surface area (Å²) in [5.41, 5.74) is -1.44. The van der Waals surface area contributed by atoms with Crippen molar-refractivity contribution in [2.75, 3.05) is 13.2 Å². The predicted molar refractivity (Wildman–Crippen MR) is 95.5 cm³/mol. The van der Waals surface area contributed by atoms with Crippen molar-refractivity contribution >= 4 is 18.4 Å². The number of unbranched alkanes of at least 4 members (excludes halogenated alkanes) is 1. The van der Waals surface area contributed by atoms with E-state index >= 15 is 0 Å². The zero-order valence-corrected chi connectivity index (χ0v) is 17.5. The highest BCUT2D eigenvalue weighted by Crippen LogP contribution is 2.53. The normalized spacial score (nSPS) is 21.0. The van der Waals surface area contributed by atoms with Crippen molar-refractivity contribution in [2.24, 2.45) is 0 Å². The molecule has 0 aromatic heterocycles. The van der Waals surface area contributed by atoms with E-state index in [1.807, 2.05) is 6.92 Å². The van der Waals surface area contributed by atoms with Gasteiger partial charge in [-0.05, 0) is 44.3 Å². The van der Waals surface area contributed by atoms with Gasteiger partial charge in [0, 0.05) is 0 Å². The van der Waals surface area contributed by atoms with Gasteiger partial charge in [0.05, 0.1) is 13.2 Å². The lowest BCUT2D eigenvalue weighted by atomic mass is 10.0. The van der Waals surface area contributed by atoms with Crippen LogP contribution in [0.1, 0.15) is 60.3 Å². The molecule has 0 heterocycles. The zero-order chi connectivity index (χ0) is 18.2. The van der Waals surface area contributed by atoms with Gasteiger partial charge in [0.25, 0.3) is 10.1 Å². The molecule has 1 aliphatic rings. The molecule has 1 atom stereocenters. The summed E-state index contributed by atoms with van der Waals surface area (Å²) in [5, 5.41) is 10.9. The van der Waals surface area contributed by atoms with E-state index in [-0.39, 0.29) is 18.3 Å². The third kappa shape index (κ3) is 4.37. The van der Waals surface area contributed by atoms with Gasteiger partial charge in [0.15, 0.2) is 8.32 Å². The minimum Gasteiger partial charge on any atom is -0.414 e. The zero-order valence-electron chi connectivity index (χ0n) is 15.7. The highest BCUT2D eigenvalue weighted by Gasteiger charge is 2.66. The van der Waals surface area contributed by atoms with Crippen LogP contribution in [0.3, 0.4) is 0 Å². The van der Waals surface area contributed by atoms with Crippen LogP contribution >= 0.6 is 0 Å². The number of hydrogen-bond donors (Lipinski definition) is 1. The van der Waals surface area contributed by atoms with E-state index in [2.05, 4.69) is 33.9 Å². The van der Waals surface area contributed by atoms with Crippen molar-refractivity contribution in [3.63, 3.8) is 0 Å². The summed E-state index contributed by atoms with van der Waals surface area (Å²) in [6.07, 6.45) is 2.41. The predicted octanol–water partition coefficient (Wildman–Crippen LogP) is 3.44. The molecule has 0 bridgehead atoms. The average molecular weight is 367 g/mol. The van der Waals surface area contributed by atoms with Crippen LogP contribution in [0.25, 0.3) is 0 Å². The first-order valence-corrected chi connectivity index (χ1v) is 12.8. The minimum atomic E-state index is -3.80. The minimum absolute atomic E-state index is 0.0102. The first-order valence-electron chi connectivity index (χ1n) is 8.48. The van der Waals surface area contributed by atoms with Gasteiger partial charge < -0.3 is 9.53 Å². The maximum Gasteiger partial charge on any atom is 0.276 e. The summed E-state index contributed by atoms with van der Waals surface area (Å²) in [4.78, 5) is 0. The molecular weight excluding hydrogens is 332 g/mol. The van der Waals surface area contributed by atoms with E-state index in [4.69, 9.17) is 8.61 Å². The van der Waals surface area contributed by atoms with Crippen LogP contribution in [-0.4, -0.2) is 45.4 Å². The standard InChI is InChI=1S/C16H34O5SSi/c1-8-9-12-20-22(18,19)16(10-11-16)15(5,17)13-21-23(6,7)14(2,3)4/h17H,8-13H2,1-7H3. The van der Waals surface area contributed by atoms with Gasteiger partial charge in [0.2, 0.25) is 0 Å². The maximum atomic E-state index is 12.5. The third-order valence-corrected chi connectivity index (χ3v) is 12.2. The van der Waals surface area contributed by atoms with Gasteiger partial charge >= 0.3 is 0 Å². The largest absolute Gasteiger partial charge is 0.414 e. The fraction of sp³-hybridized carbons (Fsp3) is 1.00. The Kier molecular flexibility index (Phi) is 6.19. The van der Waals surface area contributed by atoms with E-state index in [9.17, 15) is 13.5 Å². The molecule has 1 aliphatic carbocycles. The molecular formula is C16H34O5SSi. The highest BCUT2D eigenvalue weighted by molar-refractivity contribution is 7.88. The van der Waals surface area contributed by atoms with Crippen LogP contribution in [0.5, 0.6) is 0 Å². The third-order valence-electron chi connectivity index (χ3n) is 5.42. The molecule has 0 aromatic rings. The first-order chi connectivity index (χ1) is 10.2. The fourth-order valence-corrected chi connectivity index (χ4v) is 5.10. The molecule has 1 rings (SSSR count). The smallest absolute Gasteiger partial charge is 0.276 e. The molecule has 0 spiro atoms. The quantitative estimate of drug-likeness (QED) is 0.384. The Hall–Kier alpha value is 0.0469. The van der Waals surface area contributed by atoms with Gasteiger partial charge in [-0.3, -0.25) is 4.18 Å². The topological polar surface area (TPSA) is 72.8 Å². The Morgan fingerprint density at radius 1 is 1.17 bits per heavy atom. The summed E-state index contributed by atoms with van der Waals surface area (Å²) >= 11 is 0. The summed E-state index contributed by atoms with van der Waals surface area (Å²) in [6.45, 7) is 14.3. The second-order valence-electron chi connectivity index (χ2n) is 8.45. The molecule has 0 amide bonds. The molecule has 7 heteroatoms. The molecule has 23 heavy (non-hydrogen) atoms. The number of rotatable bonds is 9. The van der Waals surface area contributed by atoms with Crippen molar-refractivity contribution in [1.82, 2.24) is 0 Å². The van der Waals surface area contributed by atoms with E-state index in [1.165, 1.54) is 0 Å². The lowest BCUT2D eigenvalue weighted by Crippen LogP contribution is -2.54. The Labute approximate surface area is 143 Å². The van der Waals surface area contributed by atoms with Crippen LogP contribution < -0.4 is 0 Å².